The van der Waals surface area contributed by atoms with Crippen LogP contribution in [0.25, 0.3) is 0 Å². The highest BCUT2D eigenvalue weighted by Gasteiger charge is 2.15. The van der Waals surface area contributed by atoms with Crippen molar-refractivity contribution < 1.29 is 9.53 Å². The molecule has 0 aliphatic carbocycles. The minimum absolute atomic E-state index is 0.0125. The number of hydrogen-bond acceptors (Lipinski definition) is 4. The van der Waals surface area contributed by atoms with Gasteiger partial charge in [0.1, 0.15) is 0 Å². The number of ether oxygens (including phenoxy) is 1. The quantitative estimate of drug-likeness (QED) is 0.767. The molecular formula is C12H18N2O2. The summed E-state index contributed by atoms with van der Waals surface area (Å²) in [6.45, 7) is 4.30. The van der Waals surface area contributed by atoms with Crippen molar-refractivity contribution in [3.05, 3.63) is 22.9 Å². The van der Waals surface area contributed by atoms with Gasteiger partial charge in [-0.3, -0.25) is 4.79 Å². The van der Waals surface area contributed by atoms with E-state index in [1.807, 2.05) is 19.9 Å². The molecule has 0 aliphatic heterocycles. The van der Waals surface area contributed by atoms with Crippen LogP contribution in [0.2, 0.25) is 0 Å². The van der Waals surface area contributed by atoms with Crippen LogP contribution in [0.15, 0.2) is 6.07 Å². The fourth-order valence-electron chi connectivity index (χ4n) is 1.60. The second kappa shape index (κ2) is 5.61. The van der Waals surface area contributed by atoms with Crippen molar-refractivity contribution in [3.8, 4) is 5.88 Å². The Kier molecular flexibility index (Phi) is 4.43. The van der Waals surface area contributed by atoms with Gasteiger partial charge in [0.15, 0.2) is 5.78 Å². The molecular weight excluding hydrogens is 204 g/mol. The van der Waals surface area contributed by atoms with Crippen LogP contribution in [0.3, 0.4) is 0 Å². The highest BCUT2D eigenvalue weighted by Crippen LogP contribution is 2.21. The molecule has 1 aromatic rings. The number of methoxy groups -OCH3 is 1. The third-order valence-electron chi connectivity index (χ3n) is 2.53. The van der Waals surface area contributed by atoms with E-state index >= 15 is 0 Å². The molecule has 0 saturated carbocycles. The third kappa shape index (κ3) is 2.58. The third-order valence-corrected chi connectivity index (χ3v) is 2.53. The monoisotopic (exact) mass is 222 g/mol. The lowest BCUT2D eigenvalue weighted by molar-refractivity contribution is 0.0981. The second-order valence-electron chi connectivity index (χ2n) is 3.61. The van der Waals surface area contributed by atoms with Crippen LogP contribution in [0.1, 0.15) is 35.0 Å². The number of ketones is 1. The fraction of sp³-hybridized carbons (Fsp3) is 0.500. The zero-order chi connectivity index (χ0) is 12.1. The molecule has 0 unspecified atom stereocenters. The molecule has 88 valence electrons. The van der Waals surface area contributed by atoms with Crippen LogP contribution in [-0.4, -0.2) is 24.4 Å². The van der Waals surface area contributed by atoms with Crippen LogP contribution in [-0.2, 0) is 6.42 Å². The van der Waals surface area contributed by atoms with Gasteiger partial charge in [0.05, 0.1) is 12.7 Å². The number of hydrogen-bond donors (Lipinski definition) is 1. The number of rotatable bonds is 5. The molecule has 4 nitrogen and oxygen atoms in total. The number of Topliss-reactive ketones (excluding diaryl/α,β-unsaturated/α-hetero) is 1. The van der Waals surface area contributed by atoms with Gasteiger partial charge in [0, 0.05) is 12.1 Å². The Labute approximate surface area is 95.8 Å². The normalized spacial score (nSPS) is 10.2. The number of nitrogens with zero attached hydrogens (tertiary/aromatic N) is 1. The fourth-order valence-corrected chi connectivity index (χ4v) is 1.60. The number of carbonyl (C=O) groups excluding carboxylic acids is 1. The van der Waals surface area contributed by atoms with Crippen LogP contribution in [0.4, 0.5) is 0 Å². The van der Waals surface area contributed by atoms with E-state index in [9.17, 15) is 4.79 Å². The minimum Gasteiger partial charge on any atom is -0.480 e. The number of aryl methyl sites for hydroxylation is 2. The average molecular weight is 222 g/mol. The number of nitrogens with two attached hydrogens (primary N) is 1. The first kappa shape index (κ1) is 12.6. The SMILES string of the molecule is CCc1cc(C(=O)CCN)c(OC)nc1C. The molecule has 0 radical (unpaired) electrons. The molecule has 0 amide bonds. The van der Waals surface area contributed by atoms with Crippen molar-refractivity contribution in [2.75, 3.05) is 13.7 Å². The first-order chi connectivity index (χ1) is 7.63. The standard InChI is InChI=1S/C12H18N2O2/c1-4-9-7-10(11(15)5-6-13)12(16-3)14-8(9)2/h7H,4-6,13H2,1-3H3. The van der Waals surface area contributed by atoms with Crippen molar-refractivity contribution in [2.45, 2.75) is 26.7 Å². The van der Waals surface area contributed by atoms with E-state index in [-0.39, 0.29) is 5.78 Å². The summed E-state index contributed by atoms with van der Waals surface area (Å²) in [4.78, 5) is 16.1. The topological polar surface area (TPSA) is 65.2 Å². The highest BCUT2D eigenvalue weighted by molar-refractivity contribution is 5.98. The van der Waals surface area contributed by atoms with Crippen molar-refractivity contribution in [3.63, 3.8) is 0 Å². The van der Waals surface area contributed by atoms with Crippen LogP contribution < -0.4 is 10.5 Å². The molecule has 16 heavy (non-hydrogen) atoms. The molecule has 0 atom stereocenters. The molecule has 0 saturated heterocycles. The molecule has 0 spiro atoms. The predicted octanol–water partition coefficient (Wildman–Crippen LogP) is 1.49. The zero-order valence-corrected chi connectivity index (χ0v) is 10.0. The van der Waals surface area contributed by atoms with E-state index < -0.39 is 0 Å². The Morgan fingerprint density at radius 3 is 2.75 bits per heavy atom. The van der Waals surface area contributed by atoms with Gasteiger partial charge in [-0.05, 0) is 31.5 Å². The Bertz CT molecular complexity index is 389. The second-order valence-corrected chi connectivity index (χ2v) is 3.61. The summed E-state index contributed by atoms with van der Waals surface area (Å²) >= 11 is 0. The molecule has 4 heteroatoms. The molecule has 1 heterocycles. The minimum atomic E-state index is -0.0125. The average Bonchev–Trinajstić information content (AvgIpc) is 2.28. The Balaban J connectivity index is 3.19. The molecule has 0 aromatic carbocycles. The van der Waals surface area contributed by atoms with E-state index in [1.165, 1.54) is 7.11 Å². The van der Waals surface area contributed by atoms with Crippen LogP contribution in [0.5, 0.6) is 5.88 Å². The molecule has 0 fully saturated rings. The van der Waals surface area contributed by atoms with Gasteiger partial charge in [0.25, 0.3) is 0 Å². The molecule has 0 bridgehead atoms. The predicted molar refractivity (Wildman–Crippen MR) is 62.9 cm³/mol. The van der Waals surface area contributed by atoms with Crippen molar-refractivity contribution in [1.82, 2.24) is 4.98 Å². The van der Waals surface area contributed by atoms with E-state index in [4.69, 9.17) is 10.5 Å². The Morgan fingerprint density at radius 2 is 2.25 bits per heavy atom. The zero-order valence-electron chi connectivity index (χ0n) is 10.0. The molecule has 1 aromatic heterocycles. The smallest absolute Gasteiger partial charge is 0.224 e. The van der Waals surface area contributed by atoms with Gasteiger partial charge in [-0.25, -0.2) is 4.98 Å². The maximum atomic E-state index is 11.8. The lowest BCUT2D eigenvalue weighted by Crippen LogP contribution is -2.11. The van der Waals surface area contributed by atoms with Gasteiger partial charge in [-0.2, -0.15) is 0 Å². The van der Waals surface area contributed by atoms with E-state index in [1.54, 1.807) is 0 Å². The maximum absolute atomic E-state index is 11.8. The largest absolute Gasteiger partial charge is 0.480 e. The summed E-state index contributed by atoms with van der Waals surface area (Å²) in [6, 6.07) is 1.86. The number of carbonyl (C=O) groups is 1. The summed E-state index contributed by atoms with van der Waals surface area (Å²) in [5.74, 6) is 0.384. The highest BCUT2D eigenvalue weighted by atomic mass is 16.5. The Morgan fingerprint density at radius 1 is 1.56 bits per heavy atom. The van der Waals surface area contributed by atoms with Gasteiger partial charge in [-0.1, -0.05) is 6.92 Å². The van der Waals surface area contributed by atoms with Crippen molar-refractivity contribution in [2.24, 2.45) is 5.73 Å². The first-order valence-corrected chi connectivity index (χ1v) is 5.41. The lowest BCUT2D eigenvalue weighted by atomic mass is 10.0. The molecule has 2 N–H and O–H groups in total. The first-order valence-electron chi connectivity index (χ1n) is 5.41. The van der Waals surface area contributed by atoms with Gasteiger partial charge < -0.3 is 10.5 Å². The van der Waals surface area contributed by atoms with Gasteiger partial charge >= 0.3 is 0 Å². The van der Waals surface area contributed by atoms with Gasteiger partial charge in [0.2, 0.25) is 5.88 Å². The maximum Gasteiger partial charge on any atom is 0.224 e. The Hall–Kier alpha value is -1.42. The summed E-state index contributed by atoms with van der Waals surface area (Å²) in [6.07, 6.45) is 1.18. The molecule has 1 rings (SSSR count). The van der Waals surface area contributed by atoms with Crippen LogP contribution >= 0.6 is 0 Å². The summed E-state index contributed by atoms with van der Waals surface area (Å²) < 4.78 is 5.12. The van der Waals surface area contributed by atoms with Crippen molar-refractivity contribution in [1.29, 1.82) is 0 Å². The van der Waals surface area contributed by atoms with E-state index in [0.717, 1.165) is 17.7 Å². The summed E-state index contributed by atoms with van der Waals surface area (Å²) in [5, 5.41) is 0. The summed E-state index contributed by atoms with van der Waals surface area (Å²) in [5.41, 5.74) is 7.89. The van der Waals surface area contributed by atoms with E-state index in [2.05, 4.69) is 4.98 Å². The van der Waals surface area contributed by atoms with Crippen molar-refractivity contribution >= 4 is 5.78 Å². The molecule has 0 aliphatic rings. The van der Waals surface area contributed by atoms with Gasteiger partial charge in [-0.15, -0.1) is 0 Å². The lowest BCUT2D eigenvalue weighted by Gasteiger charge is -2.10. The summed E-state index contributed by atoms with van der Waals surface area (Å²) in [7, 11) is 1.52. The van der Waals surface area contributed by atoms with Crippen LogP contribution in [0, 0.1) is 6.92 Å². The number of aromatic nitrogens is 1. The van der Waals surface area contributed by atoms with E-state index in [0.29, 0.717) is 24.4 Å². The number of pyridine rings is 1.